The summed E-state index contributed by atoms with van der Waals surface area (Å²) in [6.07, 6.45) is 0.288. The summed E-state index contributed by atoms with van der Waals surface area (Å²) in [6.45, 7) is 5.04. The Labute approximate surface area is 109 Å². The predicted molar refractivity (Wildman–Crippen MR) is 63.8 cm³/mol. The van der Waals surface area contributed by atoms with Crippen LogP contribution >= 0.6 is 11.6 Å². The van der Waals surface area contributed by atoms with Crippen LogP contribution < -0.4 is 5.32 Å². The number of ether oxygens (including phenoxy) is 1. The van der Waals surface area contributed by atoms with E-state index in [0.29, 0.717) is 0 Å². The van der Waals surface area contributed by atoms with Crippen LogP contribution in [0.4, 0.5) is 14.9 Å². The molecule has 0 saturated heterocycles. The average Bonchev–Trinajstić information content (AvgIpc) is 2.21. The van der Waals surface area contributed by atoms with Crippen LogP contribution in [-0.4, -0.2) is 16.7 Å². The number of carbonyl (C=O) groups excluding carboxylic acids is 1. The van der Waals surface area contributed by atoms with Gasteiger partial charge in [-0.3, -0.25) is 5.32 Å². The van der Waals surface area contributed by atoms with E-state index in [4.69, 9.17) is 21.6 Å². The van der Waals surface area contributed by atoms with Crippen LogP contribution in [0.5, 0.6) is 0 Å². The summed E-state index contributed by atoms with van der Waals surface area (Å²) in [5.74, 6) is -0.979. The van der Waals surface area contributed by atoms with Gasteiger partial charge in [-0.05, 0) is 20.8 Å². The second-order valence-corrected chi connectivity index (χ2v) is 4.75. The molecule has 0 bridgehead atoms. The van der Waals surface area contributed by atoms with Gasteiger partial charge in [0, 0.05) is 0 Å². The molecule has 0 unspecified atom stereocenters. The highest BCUT2D eigenvalue weighted by Crippen LogP contribution is 2.22. The number of rotatable bonds is 1. The Kier molecular flexibility index (Phi) is 4.09. The number of amides is 1. The summed E-state index contributed by atoms with van der Waals surface area (Å²) in [5.41, 5.74) is -1.18. The average molecular weight is 272 g/mol. The molecule has 96 valence electrons. The van der Waals surface area contributed by atoms with E-state index in [1.54, 1.807) is 26.8 Å². The number of halogens is 2. The van der Waals surface area contributed by atoms with Crippen LogP contribution in [0.3, 0.4) is 0 Å². The molecule has 0 aromatic carbocycles. The van der Waals surface area contributed by atoms with Crippen LogP contribution in [-0.2, 0) is 4.74 Å². The molecule has 0 atom stereocenters. The number of nitrogens with zero attached hydrogens (tertiary/aromatic N) is 2. The van der Waals surface area contributed by atoms with Crippen molar-refractivity contribution in [1.82, 2.24) is 4.98 Å². The number of pyridine rings is 1. The maximum absolute atomic E-state index is 13.4. The fraction of sp³-hybridized carbons (Fsp3) is 0.364. The molecule has 1 aromatic rings. The van der Waals surface area contributed by atoms with Gasteiger partial charge < -0.3 is 4.74 Å². The zero-order valence-electron chi connectivity index (χ0n) is 10.0. The van der Waals surface area contributed by atoms with Crippen LogP contribution in [0.1, 0.15) is 26.3 Å². The van der Waals surface area contributed by atoms with Gasteiger partial charge in [0.1, 0.15) is 17.2 Å². The first kappa shape index (κ1) is 14.2. The maximum Gasteiger partial charge on any atom is 0.412 e. The molecule has 0 saturated carbocycles. The van der Waals surface area contributed by atoms with Crippen molar-refractivity contribution in [2.75, 3.05) is 5.32 Å². The van der Waals surface area contributed by atoms with Gasteiger partial charge in [0.25, 0.3) is 0 Å². The molecule has 1 heterocycles. The molecular weight excluding hydrogens is 261 g/mol. The summed E-state index contributed by atoms with van der Waals surface area (Å²) < 4.78 is 18.4. The van der Waals surface area contributed by atoms with Crippen molar-refractivity contribution in [2.24, 2.45) is 0 Å². The Morgan fingerprint density at radius 2 is 2.22 bits per heavy atom. The second kappa shape index (κ2) is 5.19. The minimum absolute atomic E-state index is 0.0892. The molecule has 0 aliphatic carbocycles. The number of nitriles is 1. The minimum atomic E-state index is -0.979. The summed E-state index contributed by atoms with van der Waals surface area (Å²) in [7, 11) is 0. The normalized spacial score (nSPS) is 10.7. The zero-order valence-corrected chi connectivity index (χ0v) is 10.8. The Morgan fingerprint density at radius 1 is 1.61 bits per heavy atom. The highest BCUT2D eigenvalue weighted by Gasteiger charge is 2.19. The van der Waals surface area contributed by atoms with Crippen molar-refractivity contribution in [2.45, 2.75) is 26.4 Å². The molecule has 1 aromatic heterocycles. The largest absolute Gasteiger partial charge is 0.444 e. The van der Waals surface area contributed by atoms with Crippen molar-refractivity contribution in [3.05, 3.63) is 22.7 Å². The minimum Gasteiger partial charge on any atom is -0.444 e. The first-order valence-electron chi connectivity index (χ1n) is 4.98. The lowest BCUT2D eigenvalue weighted by molar-refractivity contribution is 0.0636. The molecule has 7 heteroatoms. The highest BCUT2D eigenvalue weighted by molar-refractivity contribution is 6.29. The Hall–Kier alpha value is -1.87. The molecule has 18 heavy (non-hydrogen) atoms. The van der Waals surface area contributed by atoms with Crippen LogP contribution in [0, 0.1) is 17.1 Å². The highest BCUT2D eigenvalue weighted by atomic mass is 35.5. The van der Waals surface area contributed by atoms with Gasteiger partial charge in [0.05, 0.1) is 11.9 Å². The van der Waals surface area contributed by atoms with Gasteiger partial charge in [-0.1, -0.05) is 11.6 Å². The van der Waals surface area contributed by atoms with Gasteiger partial charge in [0.15, 0.2) is 11.0 Å². The number of aromatic nitrogens is 1. The second-order valence-electron chi connectivity index (χ2n) is 4.39. The lowest BCUT2D eigenvalue weighted by Crippen LogP contribution is -2.27. The van der Waals surface area contributed by atoms with Crippen LogP contribution in [0.15, 0.2) is 6.20 Å². The summed E-state index contributed by atoms with van der Waals surface area (Å²) in [4.78, 5) is 15.0. The van der Waals surface area contributed by atoms with Gasteiger partial charge in [-0.2, -0.15) is 5.26 Å². The molecule has 1 rings (SSSR count). The number of anilines is 1. The lowest BCUT2D eigenvalue weighted by atomic mass is 10.2. The molecule has 0 radical (unpaired) electrons. The number of nitrogens with one attached hydrogen (secondary N) is 1. The molecule has 0 spiro atoms. The summed E-state index contributed by atoms with van der Waals surface area (Å²) in [5, 5.41) is 10.6. The van der Waals surface area contributed by atoms with E-state index in [2.05, 4.69) is 10.3 Å². The SMILES string of the molecule is CC(C)(C)OC(=O)Nc1cnc(Cl)c(F)c1C#N. The van der Waals surface area contributed by atoms with Gasteiger partial charge >= 0.3 is 6.09 Å². The van der Waals surface area contributed by atoms with Crippen LogP contribution in [0.25, 0.3) is 0 Å². The van der Waals surface area contributed by atoms with E-state index >= 15 is 0 Å². The fourth-order valence-corrected chi connectivity index (χ4v) is 1.22. The molecule has 5 nitrogen and oxygen atoms in total. The van der Waals surface area contributed by atoms with E-state index in [0.717, 1.165) is 6.20 Å². The topological polar surface area (TPSA) is 75.0 Å². The molecular formula is C11H11ClFN3O2. The lowest BCUT2D eigenvalue weighted by Gasteiger charge is -2.19. The maximum atomic E-state index is 13.4. The Morgan fingerprint density at radius 3 is 2.72 bits per heavy atom. The van der Waals surface area contributed by atoms with Crippen molar-refractivity contribution < 1.29 is 13.9 Å². The molecule has 0 aliphatic rings. The zero-order chi connectivity index (χ0) is 13.9. The quantitative estimate of drug-likeness (QED) is 0.797. The summed E-state index contributed by atoms with van der Waals surface area (Å²) in [6, 6.07) is 1.60. The number of carbonyl (C=O) groups is 1. The van der Waals surface area contributed by atoms with E-state index in [1.807, 2.05) is 0 Å². The molecule has 1 amide bonds. The van der Waals surface area contributed by atoms with Gasteiger partial charge in [0.2, 0.25) is 0 Å². The Bertz CT molecular complexity index is 520. The Balaban J connectivity index is 2.96. The third kappa shape index (κ3) is 3.57. The van der Waals surface area contributed by atoms with Crippen molar-refractivity contribution >= 4 is 23.4 Å². The van der Waals surface area contributed by atoms with E-state index < -0.39 is 22.7 Å². The standard InChI is InChI=1S/C11H11ClFN3O2/c1-11(2,3)18-10(17)16-7-5-15-9(12)8(13)6(7)4-14/h5H,1-3H3,(H,16,17). The van der Waals surface area contributed by atoms with E-state index in [1.165, 1.54) is 0 Å². The molecule has 0 aliphatic heterocycles. The molecule has 0 fully saturated rings. The van der Waals surface area contributed by atoms with E-state index in [-0.39, 0.29) is 11.3 Å². The smallest absolute Gasteiger partial charge is 0.412 e. The number of hydrogen-bond donors (Lipinski definition) is 1. The summed E-state index contributed by atoms with van der Waals surface area (Å²) >= 11 is 5.43. The molecule has 1 N–H and O–H groups in total. The third-order valence-corrected chi connectivity index (χ3v) is 1.99. The van der Waals surface area contributed by atoms with Crippen molar-refractivity contribution in [3.63, 3.8) is 0 Å². The van der Waals surface area contributed by atoms with E-state index in [9.17, 15) is 9.18 Å². The van der Waals surface area contributed by atoms with Gasteiger partial charge in [-0.15, -0.1) is 0 Å². The first-order valence-corrected chi connectivity index (χ1v) is 5.36. The van der Waals surface area contributed by atoms with Gasteiger partial charge in [-0.25, -0.2) is 14.2 Å². The monoisotopic (exact) mass is 271 g/mol. The van der Waals surface area contributed by atoms with Crippen molar-refractivity contribution in [1.29, 1.82) is 5.26 Å². The van der Waals surface area contributed by atoms with Crippen molar-refractivity contribution in [3.8, 4) is 6.07 Å². The first-order chi connectivity index (χ1) is 8.24. The number of hydrogen-bond acceptors (Lipinski definition) is 4. The predicted octanol–water partition coefficient (Wildman–Crippen LogP) is 3.09. The fourth-order valence-electron chi connectivity index (χ4n) is 1.08. The third-order valence-electron chi connectivity index (χ3n) is 1.72. The van der Waals surface area contributed by atoms with Crippen LogP contribution in [0.2, 0.25) is 5.15 Å².